The minimum absolute atomic E-state index is 0.00927. The summed E-state index contributed by atoms with van der Waals surface area (Å²) in [6.45, 7) is 0.115. The van der Waals surface area contributed by atoms with Crippen LogP contribution in [0.3, 0.4) is 0 Å². The molecule has 0 atom stereocenters. The molecular weight excluding hydrogens is 215 g/mol. The van der Waals surface area contributed by atoms with Crippen LogP contribution in [-0.4, -0.2) is 22.6 Å². The normalized spacial score (nSPS) is 9.81. The highest BCUT2D eigenvalue weighted by Crippen LogP contribution is 2.07. The molecular formula is C10H11FN2O3. The van der Waals surface area contributed by atoms with Crippen molar-refractivity contribution in [3.63, 3.8) is 0 Å². The Bertz CT molecular complexity index is 384. The Morgan fingerprint density at radius 3 is 2.81 bits per heavy atom. The van der Waals surface area contributed by atoms with Crippen LogP contribution in [0.2, 0.25) is 0 Å². The monoisotopic (exact) mass is 226 g/mol. The van der Waals surface area contributed by atoms with Crippen LogP contribution in [0.15, 0.2) is 29.6 Å². The summed E-state index contributed by atoms with van der Waals surface area (Å²) in [7, 11) is 0. The summed E-state index contributed by atoms with van der Waals surface area (Å²) in [4.78, 5) is 20.7. The molecule has 0 aliphatic rings. The number of carboxylic acids is 1. The Morgan fingerprint density at radius 1 is 1.50 bits per heavy atom. The molecule has 5 nitrogen and oxygen atoms in total. The fraction of sp³-hybridized carbons (Fsp3) is 0.300. The Balaban J connectivity index is 2.56. The highest BCUT2D eigenvalue weighted by Gasteiger charge is 2.07. The van der Waals surface area contributed by atoms with Gasteiger partial charge in [-0.3, -0.25) is 9.80 Å². The van der Waals surface area contributed by atoms with Crippen molar-refractivity contribution >= 4 is 5.97 Å². The Labute approximate surface area is 91.4 Å². The van der Waals surface area contributed by atoms with Gasteiger partial charge < -0.3 is 5.11 Å². The van der Waals surface area contributed by atoms with E-state index in [0.29, 0.717) is 5.56 Å². The second-order valence-electron chi connectivity index (χ2n) is 3.24. The number of nitrogens with zero attached hydrogens (tertiary/aromatic N) is 2. The molecule has 1 N–H and O–H groups in total. The van der Waals surface area contributed by atoms with E-state index in [4.69, 9.17) is 5.11 Å². The highest BCUT2D eigenvalue weighted by molar-refractivity contribution is 5.66. The average molecular weight is 226 g/mol. The van der Waals surface area contributed by atoms with Crippen LogP contribution in [0, 0.1) is 10.7 Å². The molecule has 0 aromatic heterocycles. The zero-order valence-corrected chi connectivity index (χ0v) is 8.47. The van der Waals surface area contributed by atoms with Gasteiger partial charge in [0.05, 0.1) is 24.8 Å². The molecule has 0 unspecified atom stereocenters. The van der Waals surface area contributed by atoms with Gasteiger partial charge >= 0.3 is 5.97 Å². The van der Waals surface area contributed by atoms with Gasteiger partial charge in [-0.25, -0.2) is 4.39 Å². The van der Waals surface area contributed by atoms with Crippen LogP contribution in [0.5, 0.6) is 0 Å². The number of carboxylic acid groups (broad SMARTS) is 1. The van der Waals surface area contributed by atoms with Gasteiger partial charge in [-0.05, 0) is 17.7 Å². The highest BCUT2D eigenvalue weighted by atomic mass is 19.1. The summed E-state index contributed by atoms with van der Waals surface area (Å²) in [5, 5.41) is 12.2. The van der Waals surface area contributed by atoms with Crippen LogP contribution in [0.1, 0.15) is 12.0 Å². The summed E-state index contributed by atoms with van der Waals surface area (Å²) in [5.41, 5.74) is 0.574. The standard InChI is InChI=1S/C10H11FN2O3/c11-9-3-1-2-8(6-9)7-13(12-16)5-4-10(14)15/h1-3,6H,4-5,7H2,(H,14,15). The molecule has 86 valence electrons. The quantitative estimate of drug-likeness (QED) is 0.593. The topological polar surface area (TPSA) is 70.0 Å². The van der Waals surface area contributed by atoms with Gasteiger partial charge in [0.2, 0.25) is 0 Å². The molecule has 6 heteroatoms. The van der Waals surface area contributed by atoms with Gasteiger partial charge in [-0.1, -0.05) is 12.1 Å². The van der Waals surface area contributed by atoms with E-state index in [-0.39, 0.29) is 19.5 Å². The molecule has 0 spiro atoms. The van der Waals surface area contributed by atoms with Crippen LogP contribution in [0.25, 0.3) is 0 Å². The molecule has 0 saturated heterocycles. The van der Waals surface area contributed by atoms with E-state index in [1.165, 1.54) is 18.2 Å². The Kier molecular flexibility index (Phi) is 4.38. The summed E-state index contributed by atoms with van der Waals surface area (Å²) in [6, 6.07) is 5.73. The van der Waals surface area contributed by atoms with Gasteiger partial charge in [0.1, 0.15) is 5.82 Å². The maximum absolute atomic E-state index is 12.8. The van der Waals surface area contributed by atoms with Crippen molar-refractivity contribution in [2.45, 2.75) is 13.0 Å². The molecule has 0 radical (unpaired) electrons. The van der Waals surface area contributed by atoms with Gasteiger partial charge in [0, 0.05) is 0 Å². The summed E-state index contributed by atoms with van der Waals surface area (Å²) in [5.74, 6) is -1.41. The molecule has 0 amide bonds. The lowest BCUT2D eigenvalue weighted by atomic mass is 10.2. The number of rotatable bonds is 6. The summed E-state index contributed by atoms with van der Waals surface area (Å²) < 4.78 is 12.8. The zero-order chi connectivity index (χ0) is 12.0. The second-order valence-corrected chi connectivity index (χ2v) is 3.24. The van der Waals surface area contributed by atoms with Crippen molar-refractivity contribution in [1.82, 2.24) is 5.01 Å². The molecule has 1 rings (SSSR count). The molecule has 1 aromatic rings. The molecule has 1 aromatic carbocycles. The first-order valence-electron chi connectivity index (χ1n) is 4.66. The number of carbonyl (C=O) groups is 1. The van der Waals surface area contributed by atoms with Crippen LogP contribution in [0.4, 0.5) is 4.39 Å². The molecule has 0 aliphatic carbocycles. The number of nitroso groups, excluding NO2 is 1. The fourth-order valence-corrected chi connectivity index (χ4v) is 1.22. The number of benzene rings is 1. The molecule has 16 heavy (non-hydrogen) atoms. The largest absolute Gasteiger partial charge is 0.481 e. The Morgan fingerprint density at radius 2 is 2.25 bits per heavy atom. The van der Waals surface area contributed by atoms with Crippen LogP contribution in [-0.2, 0) is 11.3 Å². The van der Waals surface area contributed by atoms with Gasteiger partial charge in [-0.15, -0.1) is 4.91 Å². The minimum atomic E-state index is -1.01. The van der Waals surface area contributed by atoms with E-state index in [0.717, 1.165) is 5.01 Å². The zero-order valence-electron chi connectivity index (χ0n) is 8.47. The number of hydrogen-bond donors (Lipinski definition) is 1. The summed E-state index contributed by atoms with van der Waals surface area (Å²) >= 11 is 0. The van der Waals surface area contributed by atoms with Crippen LogP contribution < -0.4 is 0 Å². The molecule has 0 heterocycles. The van der Waals surface area contributed by atoms with E-state index in [9.17, 15) is 14.1 Å². The van der Waals surface area contributed by atoms with Crippen molar-refractivity contribution < 1.29 is 14.3 Å². The maximum atomic E-state index is 12.8. The molecule has 0 fully saturated rings. The van der Waals surface area contributed by atoms with E-state index >= 15 is 0 Å². The fourth-order valence-electron chi connectivity index (χ4n) is 1.22. The third-order valence-corrected chi connectivity index (χ3v) is 1.95. The first-order valence-corrected chi connectivity index (χ1v) is 4.66. The number of halogens is 1. The van der Waals surface area contributed by atoms with Gasteiger partial charge in [-0.2, -0.15) is 0 Å². The lowest BCUT2D eigenvalue weighted by molar-refractivity contribution is -0.137. The summed E-state index contributed by atoms with van der Waals surface area (Å²) in [6.07, 6.45) is -0.180. The smallest absolute Gasteiger partial charge is 0.305 e. The van der Waals surface area contributed by atoms with E-state index in [1.54, 1.807) is 6.07 Å². The average Bonchev–Trinajstić information content (AvgIpc) is 2.24. The number of hydrogen-bond acceptors (Lipinski definition) is 3. The lowest BCUT2D eigenvalue weighted by Crippen LogP contribution is -2.20. The van der Waals surface area contributed by atoms with Crippen molar-refractivity contribution in [3.8, 4) is 0 Å². The predicted molar refractivity (Wildman–Crippen MR) is 54.9 cm³/mol. The third kappa shape index (κ3) is 4.04. The van der Waals surface area contributed by atoms with E-state index in [1.807, 2.05) is 0 Å². The lowest BCUT2D eigenvalue weighted by Gasteiger charge is -2.13. The van der Waals surface area contributed by atoms with E-state index < -0.39 is 11.8 Å². The van der Waals surface area contributed by atoms with Gasteiger partial charge in [0.25, 0.3) is 0 Å². The van der Waals surface area contributed by atoms with Gasteiger partial charge in [0.15, 0.2) is 0 Å². The van der Waals surface area contributed by atoms with Crippen molar-refractivity contribution in [2.75, 3.05) is 6.54 Å². The van der Waals surface area contributed by atoms with E-state index in [2.05, 4.69) is 5.29 Å². The molecule has 0 bridgehead atoms. The number of aliphatic carboxylic acids is 1. The van der Waals surface area contributed by atoms with Crippen molar-refractivity contribution in [1.29, 1.82) is 0 Å². The van der Waals surface area contributed by atoms with Crippen LogP contribution >= 0.6 is 0 Å². The minimum Gasteiger partial charge on any atom is -0.481 e. The molecule has 0 saturated carbocycles. The third-order valence-electron chi connectivity index (χ3n) is 1.95. The first kappa shape index (κ1) is 12.1. The van der Waals surface area contributed by atoms with Crippen molar-refractivity contribution in [2.24, 2.45) is 5.29 Å². The maximum Gasteiger partial charge on any atom is 0.305 e. The second kappa shape index (κ2) is 5.79. The van der Waals surface area contributed by atoms with Crippen molar-refractivity contribution in [3.05, 3.63) is 40.6 Å². The first-order chi connectivity index (χ1) is 7.61. The predicted octanol–water partition coefficient (Wildman–Crippen LogP) is 1.78. The Hall–Kier alpha value is -1.98. The SMILES string of the molecule is O=NN(CCC(=O)O)Cc1cccc(F)c1. The molecule has 0 aliphatic heterocycles.